The second-order valence-electron chi connectivity index (χ2n) is 5.76. The molecule has 1 aromatic rings. The summed E-state index contributed by atoms with van der Waals surface area (Å²) in [5.41, 5.74) is -0.0277. The minimum absolute atomic E-state index is 0.345. The van der Waals surface area contributed by atoms with Gasteiger partial charge >= 0.3 is 0 Å². The number of hydrogen-bond acceptors (Lipinski definition) is 2. The van der Waals surface area contributed by atoms with Gasteiger partial charge in [0.1, 0.15) is 5.82 Å². The third-order valence-electron chi connectivity index (χ3n) is 3.68. The van der Waals surface area contributed by atoms with E-state index < -0.39 is 5.60 Å². The number of rotatable bonds is 4. The molecule has 0 saturated carbocycles. The topological polar surface area (TPSA) is 32.3 Å². The Morgan fingerprint density at radius 1 is 1.47 bits per heavy atom. The standard InChI is InChI=1S/C15H21ClFNO/c1-15(19,10-13-4-2-3-7-18-13)9-11-5-6-12(17)8-14(11)16/h5-6,8,13,18-19H,2-4,7,9-10H2,1H3. The molecular formula is C15H21ClFNO. The third kappa shape index (κ3) is 4.44. The van der Waals surface area contributed by atoms with Crippen LogP contribution in [-0.2, 0) is 6.42 Å². The average Bonchev–Trinajstić information content (AvgIpc) is 2.33. The van der Waals surface area contributed by atoms with Crippen molar-refractivity contribution in [2.24, 2.45) is 0 Å². The van der Waals surface area contributed by atoms with Crippen molar-refractivity contribution in [3.05, 3.63) is 34.6 Å². The van der Waals surface area contributed by atoms with E-state index >= 15 is 0 Å². The van der Waals surface area contributed by atoms with Gasteiger partial charge in [-0.3, -0.25) is 0 Å². The van der Waals surface area contributed by atoms with Gasteiger partial charge in [-0.1, -0.05) is 24.1 Å². The van der Waals surface area contributed by atoms with Crippen molar-refractivity contribution in [2.45, 2.75) is 50.7 Å². The quantitative estimate of drug-likeness (QED) is 0.890. The van der Waals surface area contributed by atoms with Crippen molar-refractivity contribution in [3.8, 4) is 0 Å². The van der Waals surface area contributed by atoms with Crippen LogP contribution in [0.2, 0.25) is 5.02 Å². The van der Waals surface area contributed by atoms with Gasteiger partial charge in [-0.05, 0) is 50.4 Å². The number of aliphatic hydroxyl groups is 1. The lowest BCUT2D eigenvalue weighted by molar-refractivity contribution is 0.0371. The molecule has 106 valence electrons. The van der Waals surface area contributed by atoms with E-state index in [1.807, 2.05) is 6.92 Å². The van der Waals surface area contributed by atoms with Crippen molar-refractivity contribution in [3.63, 3.8) is 0 Å². The number of piperidine rings is 1. The van der Waals surface area contributed by atoms with Gasteiger partial charge in [0, 0.05) is 17.5 Å². The minimum Gasteiger partial charge on any atom is -0.390 e. The largest absolute Gasteiger partial charge is 0.390 e. The van der Waals surface area contributed by atoms with Gasteiger partial charge in [-0.2, -0.15) is 0 Å². The van der Waals surface area contributed by atoms with Gasteiger partial charge in [0.2, 0.25) is 0 Å². The lowest BCUT2D eigenvalue weighted by atomic mass is 9.87. The lowest BCUT2D eigenvalue weighted by Gasteiger charge is -2.32. The van der Waals surface area contributed by atoms with Gasteiger partial charge in [-0.25, -0.2) is 4.39 Å². The zero-order chi connectivity index (χ0) is 13.9. The first kappa shape index (κ1) is 14.8. The summed E-state index contributed by atoms with van der Waals surface area (Å²) in [4.78, 5) is 0. The van der Waals surface area contributed by atoms with Crippen LogP contribution in [-0.4, -0.2) is 23.3 Å². The van der Waals surface area contributed by atoms with E-state index in [9.17, 15) is 9.50 Å². The zero-order valence-electron chi connectivity index (χ0n) is 11.3. The van der Waals surface area contributed by atoms with E-state index in [1.54, 1.807) is 6.07 Å². The van der Waals surface area contributed by atoms with E-state index in [0.29, 0.717) is 23.9 Å². The molecule has 2 N–H and O–H groups in total. The van der Waals surface area contributed by atoms with Crippen LogP contribution in [0.15, 0.2) is 18.2 Å². The SMILES string of the molecule is CC(O)(Cc1ccc(F)cc1Cl)CC1CCCCN1. The molecule has 2 nitrogen and oxygen atoms in total. The summed E-state index contributed by atoms with van der Waals surface area (Å²) >= 11 is 6.01. The Bertz CT molecular complexity index is 430. The molecule has 0 aliphatic carbocycles. The van der Waals surface area contributed by atoms with Crippen LogP contribution >= 0.6 is 11.6 Å². The molecule has 1 fully saturated rings. The van der Waals surface area contributed by atoms with Crippen LogP contribution < -0.4 is 5.32 Å². The summed E-state index contributed by atoms with van der Waals surface area (Å²) in [6, 6.07) is 4.70. The molecule has 2 unspecified atom stereocenters. The number of hydrogen-bond donors (Lipinski definition) is 2. The molecule has 2 atom stereocenters. The zero-order valence-corrected chi connectivity index (χ0v) is 12.0. The van der Waals surface area contributed by atoms with Crippen molar-refractivity contribution in [1.29, 1.82) is 0 Å². The summed E-state index contributed by atoms with van der Waals surface area (Å²) in [6.45, 7) is 2.85. The van der Waals surface area contributed by atoms with Crippen molar-refractivity contribution in [1.82, 2.24) is 5.32 Å². The second-order valence-corrected chi connectivity index (χ2v) is 6.17. The molecule has 0 bridgehead atoms. The summed E-state index contributed by atoms with van der Waals surface area (Å²) in [7, 11) is 0. The van der Waals surface area contributed by atoms with E-state index in [-0.39, 0.29) is 5.82 Å². The Morgan fingerprint density at radius 3 is 2.89 bits per heavy atom. The second kappa shape index (κ2) is 6.21. The highest BCUT2D eigenvalue weighted by molar-refractivity contribution is 6.31. The van der Waals surface area contributed by atoms with Gasteiger partial charge in [0.15, 0.2) is 0 Å². The molecule has 1 aliphatic heterocycles. The molecule has 2 rings (SSSR count). The highest BCUT2D eigenvalue weighted by Crippen LogP contribution is 2.26. The Hall–Kier alpha value is -0.640. The molecular weight excluding hydrogens is 265 g/mol. The predicted molar refractivity (Wildman–Crippen MR) is 76.0 cm³/mol. The van der Waals surface area contributed by atoms with Gasteiger partial charge in [-0.15, -0.1) is 0 Å². The van der Waals surface area contributed by atoms with E-state index in [2.05, 4.69) is 5.32 Å². The maximum Gasteiger partial charge on any atom is 0.124 e. The highest BCUT2D eigenvalue weighted by Gasteiger charge is 2.27. The third-order valence-corrected chi connectivity index (χ3v) is 4.04. The Balaban J connectivity index is 1.99. The fourth-order valence-electron chi connectivity index (χ4n) is 2.78. The molecule has 19 heavy (non-hydrogen) atoms. The maximum absolute atomic E-state index is 13.0. The van der Waals surface area contributed by atoms with Crippen LogP contribution in [0.5, 0.6) is 0 Å². The smallest absolute Gasteiger partial charge is 0.124 e. The molecule has 0 spiro atoms. The summed E-state index contributed by atoms with van der Waals surface area (Å²) in [5.74, 6) is -0.345. The van der Waals surface area contributed by atoms with Crippen LogP contribution in [0.3, 0.4) is 0 Å². The van der Waals surface area contributed by atoms with Gasteiger partial charge in [0.25, 0.3) is 0 Å². The first-order valence-corrected chi connectivity index (χ1v) is 7.24. The van der Waals surface area contributed by atoms with Crippen molar-refractivity contribution >= 4 is 11.6 Å². The molecule has 1 saturated heterocycles. The van der Waals surface area contributed by atoms with Crippen molar-refractivity contribution in [2.75, 3.05) is 6.54 Å². The fraction of sp³-hybridized carbons (Fsp3) is 0.600. The highest BCUT2D eigenvalue weighted by atomic mass is 35.5. The van der Waals surface area contributed by atoms with E-state index in [0.717, 1.165) is 18.5 Å². The fourth-order valence-corrected chi connectivity index (χ4v) is 3.01. The van der Waals surface area contributed by atoms with Gasteiger partial charge < -0.3 is 10.4 Å². The van der Waals surface area contributed by atoms with Crippen molar-refractivity contribution < 1.29 is 9.50 Å². The predicted octanol–water partition coefficient (Wildman–Crippen LogP) is 3.30. The summed E-state index contributed by atoms with van der Waals surface area (Å²) < 4.78 is 13.0. The monoisotopic (exact) mass is 285 g/mol. The number of benzene rings is 1. The first-order valence-electron chi connectivity index (χ1n) is 6.86. The molecule has 1 aromatic carbocycles. The molecule has 0 aromatic heterocycles. The first-order chi connectivity index (χ1) is 8.96. The molecule has 0 radical (unpaired) electrons. The average molecular weight is 286 g/mol. The maximum atomic E-state index is 13.0. The molecule has 4 heteroatoms. The Labute approximate surface area is 119 Å². The normalized spacial score (nSPS) is 23.1. The number of halogens is 2. The van der Waals surface area contributed by atoms with Crippen LogP contribution in [0, 0.1) is 5.82 Å². The Kier molecular flexibility index (Phi) is 4.82. The minimum atomic E-state index is -0.823. The van der Waals surface area contributed by atoms with E-state index in [4.69, 9.17) is 11.6 Å². The summed E-state index contributed by atoms with van der Waals surface area (Å²) in [5, 5.41) is 14.3. The van der Waals surface area contributed by atoms with Crippen LogP contribution in [0.25, 0.3) is 0 Å². The van der Waals surface area contributed by atoms with Crippen LogP contribution in [0.4, 0.5) is 4.39 Å². The van der Waals surface area contributed by atoms with Gasteiger partial charge in [0.05, 0.1) is 5.60 Å². The Morgan fingerprint density at radius 2 is 2.26 bits per heavy atom. The lowest BCUT2D eigenvalue weighted by Crippen LogP contribution is -2.41. The summed E-state index contributed by atoms with van der Waals surface area (Å²) in [6.07, 6.45) is 4.67. The molecule has 1 aliphatic rings. The van der Waals surface area contributed by atoms with Crippen LogP contribution in [0.1, 0.15) is 38.2 Å². The number of nitrogens with one attached hydrogen (secondary N) is 1. The molecule has 0 amide bonds. The van der Waals surface area contributed by atoms with E-state index in [1.165, 1.54) is 25.0 Å². The molecule has 1 heterocycles.